The lowest BCUT2D eigenvalue weighted by Gasteiger charge is -2.19. The molecule has 0 atom stereocenters. The zero-order chi connectivity index (χ0) is 15.3. The van der Waals surface area contributed by atoms with Gasteiger partial charge in [-0.25, -0.2) is 8.42 Å². The predicted molar refractivity (Wildman–Crippen MR) is 81.3 cm³/mol. The second-order valence-electron chi connectivity index (χ2n) is 4.91. The number of carbonyl (C=O) groups excluding carboxylic acids is 1. The van der Waals surface area contributed by atoms with E-state index < -0.39 is 10.0 Å². The number of nitrogens with one attached hydrogen (secondary N) is 1. The van der Waals surface area contributed by atoms with Crippen LogP contribution in [0.1, 0.15) is 24.5 Å². The molecule has 0 aromatic heterocycles. The van der Waals surface area contributed by atoms with E-state index in [0.29, 0.717) is 13.0 Å². The Labute approximate surface area is 121 Å². The minimum atomic E-state index is -3.36. The Morgan fingerprint density at radius 2 is 1.80 bits per heavy atom. The summed E-state index contributed by atoms with van der Waals surface area (Å²) >= 11 is 0. The molecule has 6 heteroatoms. The molecule has 0 aliphatic carbocycles. The van der Waals surface area contributed by atoms with Crippen LogP contribution in [-0.4, -0.2) is 38.0 Å². The number of rotatable bonds is 6. The van der Waals surface area contributed by atoms with Gasteiger partial charge in [-0.1, -0.05) is 25.1 Å². The van der Waals surface area contributed by atoms with Gasteiger partial charge in [0.15, 0.2) is 0 Å². The van der Waals surface area contributed by atoms with Gasteiger partial charge in [0.1, 0.15) is 0 Å². The second kappa shape index (κ2) is 6.85. The Morgan fingerprint density at radius 1 is 1.25 bits per heavy atom. The van der Waals surface area contributed by atoms with Crippen LogP contribution in [0.2, 0.25) is 0 Å². The number of amides is 1. The quantitative estimate of drug-likeness (QED) is 0.872. The highest BCUT2D eigenvalue weighted by atomic mass is 32.2. The van der Waals surface area contributed by atoms with Gasteiger partial charge in [0.2, 0.25) is 15.9 Å². The van der Waals surface area contributed by atoms with E-state index in [0.717, 1.165) is 23.1 Å². The van der Waals surface area contributed by atoms with Crippen molar-refractivity contribution < 1.29 is 13.2 Å². The number of carbonyl (C=O) groups is 1. The van der Waals surface area contributed by atoms with Crippen molar-refractivity contribution in [3.05, 3.63) is 29.3 Å². The van der Waals surface area contributed by atoms with Crippen LogP contribution >= 0.6 is 0 Å². The number of sulfonamides is 1. The van der Waals surface area contributed by atoms with Crippen LogP contribution in [0.4, 0.5) is 5.69 Å². The number of nitrogens with zero attached hydrogens (tertiary/aromatic N) is 1. The van der Waals surface area contributed by atoms with Gasteiger partial charge in [-0.2, -0.15) is 4.31 Å². The van der Waals surface area contributed by atoms with Crippen molar-refractivity contribution >= 4 is 21.6 Å². The maximum atomic E-state index is 12.0. The van der Waals surface area contributed by atoms with Crippen molar-refractivity contribution in [3.8, 4) is 0 Å². The lowest BCUT2D eigenvalue weighted by molar-refractivity contribution is -0.116. The minimum absolute atomic E-state index is 0.152. The molecule has 0 saturated carbocycles. The summed E-state index contributed by atoms with van der Waals surface area (Å²) in [6, 6.07) is 5.73. The third-order valence-electron chi connectivity index (χ3n) is 3.01. The summed E-state index contributed by atoms with van der Waals surface area (Å²) in [5.41, 5.74) is 2.67. The van der Waals surface area contributed by atoms with Crippen molar-refractivity contribution in [2.24, 2.45) is 0 Å². The Hall–Kier alpha value is -1.40. The molecule has 1 rings (SSSR count). The summed E-state index contributed by atoms with van der Waals surface area (Å²) < 4.78 is 24.4. The first-order chi connectivity index (χ1) is 9.25. The summed E-state index contributed by atoms with van der Waals surface area (Å²) in [5, 5.41) is 2.79. The molecule has 0 spiro atoms. The van der Waals surface area contributed by atoms with Crippen molar-refractivity contribution in [2.75, 3.05) is 24.7 Å². The molecule has 0 radical (unpaired) electrons. The Morgan fingerprint density at radius 3 is 2.25 bits per heavy atom. The fourth-order valence-electron chi connectivity index (χ4n) is 1.96. The van der Waals surface area contributed by atoms with Gasteiger partial charge in [-0.05, 0) is 31.4 Å². The Kier molecular flexibility index (Phi) is 5.71. The van der Waals surface area contributed by atoms with Crippen LogP contribution in [0.25, 0.3) is 0 Å². The molecule has 20 heavy (non-hydrogen) atoms. The van der Waals surface area contributed by atoms with Crippen molar-refractivity contribution in [1.29, 1.82) is 0 Å². The molecule has 5 nitrogen and oxygen atoms in total. The summed E-state index contributed by atoms with van der Waals surface area (Å²) in [6.45, 7) is 5.88. The van der Waals surface area contributed by atoms with Gasteiger partial charge in [-0.3, -0.25) is 4.79 Å². The predicted octanol–water partition coefficient (Wildman–Crippen LogP) is 1.91. The lowest BCUT2D eigenvalue weighted by Crippen LogP contribution is -2.38. The SMILES string of the molecule is CCCN(CC(=O)Nc1c(C)cccc1C)S(C)(=O)=O. The van der Waals surface area contributed by atoms with Crippen LogP contribution in [0.3, 0.4) is 0 Å². The van der Waals surface area contributed by atoms with E-state index in [9.17, 15) is 13.2 Å². The highest BCUT2D eigenvalue weighted by molar-refractivity contribution is 7.88. The van der Waals surface area contributed by atoms with E-state index in [1.165, 1.54) is 4.31 Å². The molecule has 1 aromatic rings. The highest BCUT2D eigenvalue weighted by Crippen LogP contribution is 2.19. The van der Waals surface area contributed by atoms with Crippen LogP contribution in [-0.2, 0) is 14.8 Å². The first-order valence-corrected chi connectivity index (χ1v) is 8.41. The second-order valence-corrected chi connectivity index (χ2v) is 6.89. The first-order valence-electron chi connectivity index (χ1n) is 6.57. The highest BCUT2D eigenvalue weighted by Gasteiger charge is 2.19. The molecule has 112 valence electrons. The van der Waals surface area contributed by atoms with Crippen molar-refractivity contribution in [1.82, 2.24) is 4.31 Å². The monoisotopic (exact) mass is 298 g/mol. The molecular weight excluding hydrogens is 276 g/mol. The number of aryl methyl sites for hydroxylation is 2. The summed E-state index contributed by atoms with van der Waals surface area (Å²) in [5.74, 6) is -0.318. The van der Waals surface area contributed by atoms with E-state index in [-0.39, 0.29) is 12.5 Å². The molecule has 0 fully saturated rings. The van der Waals surface area contributed by atoms with E-state index in [1.54, 1.807) is 0 Å². The number of anilines is 1. The molecule has 1 aromatic carbocycles. The van der Waals surface area contributed by atoms with Gasteiger partial charge < -0.3 is 5.32 Å². The third-order valence-corrected chi connectivity index (χ3v) is 4.26. The number of benzene rings is 1. The fraction of sp³-hybridized carbons (Fsp3) is 0.500. The zero-order valence-electron chi connectivity index (χ0n) is 12.4. The van der Waals surface area contributed by atoms with Gasteiger partial charge >= 0.3 is 0 Å². The van der Waals surface area contributed by atoms with Crippen LogP contribution in [0.5, 0.6) is 0 Å². The third kappa shape index (κ3) is 4.61. The Balaban J connectivity index is 2.81. The van der Waals surface area contributed by atoms with Gasteiger partial charge in [0, 0.05) is 12.2 Å². The van der Waals surface area contributed by atoms with Gasteiger partial charge in [0.05, 0.1) is 12.8 Å². The molecule has 0 unspecified atom stereocenters. The maximum absolute atomic E-state index is 12.0. The molecule has 1 N–H and O–H groups in total. The number of para-hydroxylation sites is 1. The van der Waals surface area contributed by atoms with E-state index >= 15 is 0 Å². The topological polar surface area (TPSA) is 66.5 Å². The van der Waals surface area contributed by atoms with E-state index in [4.69, 9.17) is 0 Å². The minimum Gasteiger partial charge on any atom is -0.324 e. The largest absolute Gasteiger partial charge is 0.324 e. The smallest absolute Gasteiger partial charge is 0.239 e. The maximum Gasteiger partial charge on any atom is 0.239 e. The number of hydrogen-bond acceptors (Lipinski definition) is 3. The standard InChI is InChI=1S/C14H22N2O3S/c1-5-9-16(20(4,18)19)10-13(17)15-14-11(2)7-6-8-12(14)3/h6-8H,5,9-10H2,1-4H3,(H,15,17). The normalized spacial score (nSPS) is 11.7. The molecule has 0 aliphatic heterocycles. The average molecular weight is 298 g/mol. The summed E-state index contributed by atoms with van der Waals surface area (Å²) in [7, 11) is -3.36. The molecule has 0 aliphatic rings. The summed E-state index contributed by atoms with van der Waals surface area (Å²) in [6.07, 6.45) is 1.79. The van der Waals surface area contributed by atoms with Gasteiger partial charge in [0.25, 0.3) is 0 Å². The van der Waals surface area contributed by atoms with Crippen molar-refractivity contribution in [3.63, 3.8) is 0 Å². The van der Waals surface area contributed by atoms with Crippen molar-refractivity contribution in [2.45, 2.75) is 27.2 Å². The number of hydrogen-bond donors (Lipinski definition) is 1. The average Bonchev–Trinajstić information content (AvgIpc) is 2.32. The van der Waals surface area contributed by atoms with Crippen LogP contribution in [0.15, 0.2) is 18.2 Å². The van der Waals surface area contributed by atoms with E-state index in [1.807, 2.05) is 39.0 Å². The van der Waals surface area contributed by atoms with Gasteiger partial charge in [-0.15, -0.1) is 0 Å². The molecule has 1 amide bonds. The zero-order valence-corrected chi connectivity index (χ0v) is 13.3. The first kappa shape index (κ1) is 16.7. The Bertz CT molecular complexity index is 562. The fourth-order valence-corrected chi connectivity index (χ4v) is 2.83. The lowest BCUT2D eigenvalue weighted by atomic mass is 10.1. The van der Waals surface area contributed by atoms with Crippen LogP contribution in [0, 0.1) is 13.8 Å². The molecule has 0 saturated heterocycles. The molecule has 0 heterocycles. The van der Waals surface area contributed by atoms with E-state index in [2.05, 4.69) is 5.32 Å². The van der Waals surface area contributed by atoms with Crippen LogP contribution < -0.4 is 5.32 Å². The summed E-state index contributed by atoms with van der Waals surface area (Å²) in [4.78, 5) is 12.0. The molecular formula is C14H22N2O3S. The molecule has 0 bridgehead atoms.